The van der Waals surface area contributed by atoms with Gasteiger partial charge in [-0.15, -0.1) is 0 Å². The third-order valence-electron chi connectivity index (χ3n) is 7.54. The third-order valence-corrected chi connectivity index (χ3v) is 7.54. The fourth-order valence-electron chi connectivity index (χ4n) is 5.09. The minimum atomic E-state index is 0.0251. The van der Waals surface area contributed by atoms with Gasteiger partial charge in [-0.25, -0.2) is 0 Å². The second-order valence-electron chi connectivity index (χ2n) is 9.38. The third kappa shape index (κ3) is 5.46. The normalized spacial score (nSPS) is 30.4. The lowest BCUT2D eigenvalue weighted by atomic mass is 9.78. The highest BCUT2D eigenvalue weighted by atomic mass is 16.5. The minimum Gasteiger partial charge on any atom is -0.493 e. The Kier molecular flexibility index (Phi) is 8.00. The molecule has 2 aliphatic rings. The van der Waals surface area contributed by atoms with Crippen molar-refractivity contribution >= 4 is 5.91 Å². The molecule has 0 aromatic heterocycles. The number of carbonyl (C=O) groups is 1. The van der Waals surface area contributed by atoms with Gasteiger partial charge in [-0.05, 0) is 43.4 Å². The number of hydrogen-bond donors (Lipinski definition) is 3. The summed E-state index contributed by atoms with van der Waals surface area (Å²) < 4.78 is 10.8. The summed E-state index contributed by atoms with van der Waals surface area (Å²) >= 11 is 0. The standard InChI is InChI=1S/C24H39N3O3/c1-17-7-6-8-21(18(17)2)25-24(28)19(3)27-13-11-26(12-14-27)16-20-9-10-22(29-4)23(15-20)30-5/h9-10,15,17-19,21H,6-8,11-14,16H2,1-5H3,(H,25,28)/p+2/t17-,18-,19-,21+/m1/s1. The molecule has 30 heavy (non-hydrogen) atoms. The molecule has 1 amide bonds. The lowest BCUT2D eigenvalue weighted by Crippen LogP contribution is -3.29. The number of ether oxygens (including phenoxy) is 2. The van der Waals surface area contributed by atoms with Crippen LogP contribution in [0.1, 0.15) is 45.6 Å². The Morgan fingerprint density at radius 2 is 1.80 bits per heavy atom. The molecule has 6 heteroatoms. The van der Waals surface area contributed by atoms with Crippen LogP contribution in [0.25, 0.3) is 0 Å². The van der Waals surface area contributed by atoms with Crippen molar-refractivity contribution in [2.24, 2.45) is 11.8 Å². The smallest absolute Gasteiger partial charge is 0.278 e. The van der Waals surface area contributed by atoms with E-state index >= 15 is 0 Å². The maximum Gasteiger partial charge on any atom is 0.278 e. The highest BCUT2D eigenvalue weighted by Gasteiger charge is 2.34. The van der Waals surface area contributed by atoms with Crippen molar-refractivity contribution in [3.63, 3.8) is 0 Å². The summed E-state index contributed by atoms with van der Waals surface area (Å²) in [5.41, 5.74) is 1.26. The van der Waals surface area contributed by atoms with Gasteiger partial charge < -0.3 is 24.6 Å². The highest BCUT2D eigenvalue weighted by molar-refractivity contribution is 5.80. The van der Waals surface area contributed by atoms with Gasteiger partial charge in [-0.3, -0.25) is 4.79 Å². The topological polar surface area (TPSA) is 56.4 Å². The molecular formula is C24H41N3O3+2. The SMILES string of the molecule is COc1ccc(C[NH+]2CC[NH+]([C@H](C)C(=O)N[C@H]3CCC[C@@H](C)[C@H]3C)CC2)cc1OC. The largest absolute Gasteiger partial charge is 0.493 e. The monoisotopic (exact) mass is 419 g/mol. The van der Waals surface area contributed by atoms with E-state index in [1.54, 1.807) is 19.1 Å². The first-order valence-electron chi connectivity index (χ1n) is 11.6. The molecule has 1 saturated carbocycles. The van der Waals surface area contributed by atoms with Crippen molar-refractivity contribution in [1.29, 1.82) is 0 Å². The first-order valence-corrected chi connectivity index (χ1v) is 11.6. The zero-order chi connectivity index (χ0) is 21.7. The van der Waals surface area contributed by atoms with Gasteiger partial charge >= 0.3 is 0 Å². The molecular weight excluding hydrogens is 378 g/mol. The summed E-state index contributed by atoms with van der Waals surface area (Å²) in [5, 5.41) is 3.38. The fourth-order valence-corrected chi connectivity index (χ4v) is 5.09. The summed E-state index contributed by atoms with van der Waals surface area (Å²) in [4.78, 5) is 15.9. The molecule has 6 nitrogen and oxygen atoms in total. The number of carbonyl (C=O) groups excluding carboxylic acids is 1. The van der Waals surface area contributed by atoms with Crippen LogP contribution in [0.15, 0.2) is 18.2 Å². The molecule has 3 rings (SSSR count). The summed E-state index contributed by atoms with van der Waals surface area (Å²) in [5.74, 6) is 3.07. The average Bonchev–Trinajstić information content (AvgIpc) is 2.76. The first kappa shape index (κ1) is 22.9. The lowest BCUT2D eigenvalue weighted by molar-refractivity contribution is -1.02. The Hall–Kier alpha value is -1.79. The van der Waals surface area contributed by atoms with Gasteiger partial charge in [0.1, 0.15) is 32.7 Å². The van der Waals surface area contributed by atoms with E-state index in [2.05, 4.69) is 38.2 Å². The van der Waals surface area contributed by atoms with E-state index < -0.39 is 0 Å². The number of quaternary nitrogens is 2. The van der Waals surface area contributed by atoms with Crippen molar-refractivity contribution in [3.05, 3.63) is 23.8 Å². The van der Waals surface area contributed by atoms with Crippen LogP contribution in [-0.4, -0.2) is 58.4 Å². The second-order valence-corrected chi connectivity index (χ2v) is 9.38. The quantitative estimate of drug-likeness (QED) is 0.597. The van der Waals surface area contributed by atoms with E-state index in [1.807, 2.05) is 6.07 Å². The van der Waals surface area contributed by atoms with Crippen LogP contribution in [0.3, 0.4) is 0 Å². The van der Waals surface area contributed by atoms with E-state index in [0.29, 0.717) is 17.9 Å². The van der Waals surface area contributed by atoms with Gasteiger partial charge in [0, 0.05) is 11.6 Å². The average molecular weight is 420 g/mol. The number of rotatable bonds is 7. The second kappa shape index (κ2) is 10.5. The summed E-state index contributed by atoms with van der Waals surface area (Å²) in [6.07, 6.45) is 3.65. The summed E-state index contributed by atoms with van der Waals surface area (Å²) in [6.45, 7) is 11.9. The number of piperazine rings is 1. The van der Waals surface area contributed by atoms with E-state index in [9.17, 15) is 4.79 Å². The van der Waals surface area contributed by atoms with Gasteiger partial charge in [-0.1, -0.05) is 26.7 Å². The molecule has 3 N–H and O–H groups in total. The van der Waals surface area contributed by atoms with Crippen LogP contribution >= 0.6 is 0 Å². The van der Waals surface area contributed by atoms with Crippen LogP contribution in [0.2, 0.25) is 0 Å². The van der Waals surface area contributed by atoms with Crippen molar-refractivity contribution in [2.75, 3.05) is 40.4 Å². The molecule has 4 atom stereocenters. The Labute approximate surface area is 181 Å². The van der Waals surface area contributed by atoms with Gasteiger partial charge in [0.25, 0.3) is 5.91 Å². The lowest BCUT2D eigenvalue weighted by Gasteiger charge is -2.37. The fraction of sp³-hybridized carbons (Fsp3) is 0.708. The molecule has 0 unspecified atom stereocenters. The van der Waals surface area contributed by atoms with Crippen LogP contribution in [0.5, 0.6) is 11.5 Å². The molecule has 1 aliphatic carbocycles. The Morgan fingerprint density at radius 3 is 2.47 bits per heavy atom. The number of nitrogens with one attached hydrogen (secondary N) is 3. The van der Waals surface area contributed by atoms with Crippen LogP contribution in [-0.2, 0) is 11.3 Å². The van der Waals surface area contributed by atoms with Crippen LogP contribution in [0, 0.1) is 11.8 Å². The summed E-state index contributed by atoms with van der Waals surface area (Å²) in [7, 11) is 3.34. The summed E-state index contributed by atoms with van der Waals surface area (Å²) in [6, 6.07) is 6.55. The van der Waals surface area contributed by atoms with E-state index in [0.717, 1.165) is 50.6 Å². The van der Waals surface area contributed by atoms with E-state index in [-0.39, 0.29) is 11.9 Å². The molecule has 168 valence electrons. The van der Waals surface area contributed by atoms with Gasteiger partial charge in [0.2, 0.25) is 0 Å². The highest BCUT2D eigenvalue weighted by Crippen LogP contribution is 2.29. The molecule has 1 aromatic rings. The Morgan fingerprint density at radius 1 is 1.10 bits per heavy atom. The maximum absolute atomic E-state index is 12.9. The van der Waals surface area contributed by atoms with Crippen molar-refractivity contribution in [2.45, 2.75) is 58.7 Å². The molecule has 0 radical (unpaired) electrons. The van der Waals surface area contributed by atoms with Gasteiger partial charge in [0.05, 0.1) is 14.2 Å². The van der Waals surface area contributed by atoms with Gasteiger partial charge in [-0.2, -0.15) is 0 Å². The predicted octanol–water partition coefficient (Wildman–Crippen LogP) is 0.317. The molecule has 1 heterocycles. The van der Waals surface area contributed by atoms with Crippen molar-refractivity contribution in [3.8, 4) is 11.5 Å². The molecule has 1 saturated heterocycles. The molecule has 0 bridgehead atoms. The molecule has 2 fully saturated rings. The van der Waals surface area contributed by atoms with Crippen molar-refractivity contribution in [1.82, 2.24) is 5.32 Å². The molecule has 0 spiro atoms. The first-order chi connectivity index (χ1) is 14.4. The van der Waals surface area contributed by atoms with Crippen LogP contribution < -0.4 is 24.6 Å². The maximum atomic E-state index is 12.9. The van der Waals surface area contributed by atoms with E-state index in [4.69, 9.17) is 9.47 Å². The van der Waals surface area contributed by atoms with Crippen molar-refractivity contribution < 1.29 is 24.1 Å². The zero-order valence-electron chi connectivity index (χ0n) is 19.4. The number of hydrogen-bond acceptors (Lipinski definition) is 3. The van der Waals surface area contributed by atoms with E-state index in [1.165, 1.54) is 23.3 Å². The molecule has 1 aromatic carbocycles. The Balaban J connectivity index is 1.48. The Bertz CT molecular complexity index is 703. The molecule has 1 aliphatic heterocycles. The van der Waals surface area contributed by atoms with Gasteiger partial charge in [0.15, 0.2) is 17.5 Å². The predicted molar refractivity (Wildman–Crippen MR) is 118 cm³/mol. The van der Waals surface area contributed by atoms with Crippen LogP contribution in [0.4, 0.5) is 0 Å². The zero-order valence-corrected chi connectivity index (χ0v) is 19.4. The number of amides is 1. The number of benzene rings is 1. The number of methoxy groups -OCH3 is 2. The minimum absolute atomic E-state index is 0.0251.